The lowest BCUT2D eigenvalue weighted by Gasteiger charge is -2.15. The van der Waals surface area contributed by atoms with Gasteiger partial charge in [-0.25, -0.2) is 4.98 Å². The molecule has 0 amide bonds. The average Bonchev–Trinajstić information content (AvgIpc) is 3.31. The third-order valence-electron chi connectivity index (χ3n) is 4.38. The highest BCUT2D eigenvalue weighted by Crippen LogP contribution is 2.46. The van der Waals surface area contributed by atoms with Crippen LogP contribution in [0.15, 0.2) is 30.5 Å². The van der Waals surface area contributed by atoms with Crippen LogP contribution < -0.4 is 9.64 Å². The first-order valence-corrected chi connectivity index (χ1v) is 9.35. The van der Waals surface area contributed by atoms with E-state index in [0.29, 0.717) is 30.1 Å². The molecule has 2 unspecified atom stereocenters. The molecule has 2 atom stereocenters. The number of ether oxygens (including phenoxy) is 1. The minimum absolute atomic E-state index is 0.491. The van der Waals surface area contributed by atoms with Crippen molar-refractivity contribution in [3.8, 4) is 5.88 Å². The van der Waals surface area contributed by atoms with E-state index >= 15 is 0 Å². The summed E-state index contributed by atoms with van der Waals surface area (Å²) in [5.74, 6) is 2.99. The highest BCUT2D eigenvalue weighted by atomic mass is 32.1. The van der Waals surface area contributed by atoms with Gasteiger partial charge in [-0.1, -0.05) is 17.4 Å². The predicted molar refractivity (Wildman–Crippen MR) is 100 cm³/mol. The smallest absolute Gasteiger partial charge is 0.218 e. The van der Waals surface area contributed by atoms with Gasteiger partial charge in [-0.05, 0) is 32.4 Å². The molecule has 1 saturated carbocycles. The molecule has 3 aromatic heterocycles. The number of aromatic nitrogens is 5. The van der Waals surface area contributed by atoms with Crippen LogP contribution in [0.4, 0.5) is 10.9 Å². The Morgan fingerprint density at radius 3 is 2.85 bits per heavy atom. The second kappa shape index (κ2) is 6.95. The largest absolute Gasteiger partial charge is 0.477 e. The fourth-order valence-electron chi connectivity index (χ4n) is 2.87. The number of aryl methyl sites for hydroxylation is 2. The van der Waals surface area contributed by atoms with Gasteiger partial charge in [-0.3, -0.25) is 4.98 Å². The van der Waals surface area contributed by atoms with Crippen molar-refractivity contribution < 1.29 is 4.74 Å². The Morgan fingerprint density at radius 2 is 2.12 bits per heavy atom. The molecule has 0 aromatic carbocycles. The number of nitrogens with zero attached hydrogens (tertiary/aromatic N) is 6. The van der Waals surface area contributed by atoms with Gasteiger partial charge in [-0.2, -0.15) is 4.98 Å². The number of rotatable bonds is 6. The van der Waals surface area contributed by atoms with Crippen molar-refractivity contribution in [1.82, 2.24) is 25.1 Å². The van der Waals surface area contributed by atoms with Crippen LogP contribution in [0.5, 0.6) is 5.88 Å². The molecule has 26 heavy (non-hydrogen) atoms. The maximum atomic E-state index is 5.96. The molecule has 1 aliphatic rings. The van der Waals surface area contributed by atoms with Gasteiger partial charge >= 0.3 is 0 Å². The zero-order chi connectivity index (χ0) is 18.1. The molecule has 4 rings (SSSR count). The summed E-state index contributed by atoms with van der Waals surface area (Å²) >= 11 is 1.52. The number of pyridine rings is 1. The fraction of sp³-hybridized carbons (Fsp3) is 0.389. The Morgan fingerprint density at radius 1 is 1.23 bits per heavy atom. The van der Waals surface area contributed by atoms with Crippen molar-refractivity contribution in [2.75, 3.05) is 18.6 Å². The monoisotopic (exact) mass is 368 g/mol. The van der Waals surface area contributed by atoms with Gasteiger partial charge < -0.3 is 9.64 Å². The topological polar surface area (TPSA) is 76.9 Å². The third kappa shape index (κ3) is 3.65. The third-order valence-corrected chi connectivity index (χ3v) is 5.30. The molecule has 8 heteroatoms. The number of hydrogen-bond donors (Lipinski definition) is 0. The van der Waals surface area contributed by atoms with Gasteiger partial charge in [0.1, 0.15) is 16.6 Å². The summed E-state index contributed by atoms with van der Waals surface area (Å²) in [5.41, 5.74) is 1.15. The van der Waals surface area contributed by atoms with E-state index in [2.05, 4.69) is 31.2 Å². The van der Waals surface area contributed by atoms with Crippen LogP contribution in [-0.2, 0) is 0 Å². The Hall–Kier alpha value is -2.61. The molecule has 0 aliphatic heterocycles. The second-order valence-corrected chi connectivity index (χ2v) is 7.60. The molecule has 0 radical (unpaired) electrons. The summed E-state index contributed by atoms with van der Waals surface area (Å²) < 4.78 is 5.96. The van der Waals surface area contributed by atoms with E-state index < -0.39 is 0 Å². The van der Waals surface area contributed by atoms with Gasteiger partial charge in [0.25, 0.3) is 0 Å². The van der Waals surface area contributed by atoms with E-state index in [1.165, 1.54) is 11.3 Å². The van der Waals surface area contributed by atoms with Gasteiger partial charge in [0.05, 0.1) is 6.61 Å². The Balaban J connectivity index is 1.42. The molecule has 1 fully saturated rings. The summed E-state index contributed by atoms with van der Waals surface area (Å²) in [7, 11) is 1.92. The van der Waals surface area contributed by atoms with Crippen molar-refractivity contribution in [2.45, 2.75) is 26.2 Å². The minimum Gasteiger partial charge on any atom is -0.477 e. The standard InChI is InChI=1S/C18H20N6OS/c1-11-20-16(24(3)18-23-22-12(2)26-18)9-17(21-11)25-10-13-8-14(13)15-6-4-5-7-19-15/h4-7,9,13-14H,8,10H2,1-3H3. The van der Waals surface area contributed by atoms with Crippen molar-refractivity contribution in [3.63, 3.8) is 0 Å². The lowest BCUT2D eigenvalue weighted by molar-refractivity contribution is 0.284. The summed E-state index contributed by atoms with van der Waals surface area (Å²) in [6.07, 6.45) is 2.95. The van der Waals surface area contributed by atoms with Crippen molar-refractivity contribution in [2.24, 2.45) is 5.92 Å². The van der Waals surface area contributed by atoms with E-state index in [0.717, 1.165) is 28.1 Å². The second-order valence-electron chi connectivity index (χ2n) is 6.44. The van der Waals surface area contributed by atoms with Gasteiger partial charge in [0.2, 0.25) is 11.0 Å². The summed E-state index contributed by atoms with van der Waals surface area (Å²) in [6, 6.07) is 7.90. The van der Waals surface area contributed by atoms with Gasteiger partial charge in [0.15, 0.2) is 0 Å². The number of anilines is 2. The lowest BCUT2D eigenvalue weighted by Crippen LogP contribution is -2.13. The first-order chi connectivity index (χ1) is 12.6. The quantitative estimate of drug-likeness (QED) is 0.661. The van der Waals surface area contributed by atoms with Crippen LogP contribution >= 0.6 is 11.3 Å². The molecule has 3 aromatic rings. The molecule has 3 heterocycles. The molecule has 0 spiro atoms. The zero-order valence-corrected chi connectivity index (χ0v) is 15.8. The fourth-order valence-corrected chi connectivity index (χ4v) is 3.53. The van der Waals surface area contributed by atoms with Crippen LogP contribution in [0.3, 0.4) is 0 Å². The molecule has 1 aliphatic carbocycles. The van der Waals surface area contributed by atoms with E-state index in [-0.39, 0.29) is 0 Å². The first kappa shape index (κ1) is 16.8. The molecular formula is C18H20N6OS. The SMILES string of the molecule is Cc1nc(OCC2CC2c2ccccn2)cc(N(C)c2nnc(C)s2)n1. The van der Waals surface area contributed by atoms with Crippen molar-refractivity contribution in [1.29, 1.82) is 0 Å². The molecule has 0 saturated heterocycles. The van der Waals surface area contributed by atoms with E-state index in [1.54, 1.807) is 0 Å². The minimum atomic E-state index is 0.491. The summed E-state index contributed by atoms with van der Waals surface area (Å²) in [5, 5.41) is 9.94. The lowest BCUT2D eigenvalue weighted by atomic mass is 10.2. The summed E-state index contributed by atoms with van der Waals surface area (Å²) in [6.45, 7) is 4.44. The normalized spacial score (nSPS) is 18.6. The van der Waals surface area contributed by atoms with Crippen molar-refractivity contribution in [3.05, 3.63) is 47.0 Å². The van der Waals surface area contributed by atoms with Crippen LogP contribution in [0.25, 0.3) is 0 Å². The molecule has 0 bridgehead atoms. The highest BCUT2D eigenvalue weighted by Gasteiger charge is 2.39. The Bertz CT molecular complexity index is 900. The zero-order valence-electron chi connectivity index (χ0n) is 15.0. The maximum Gasteiger partial charge on any atom is 0.218 e. The average molecular weight is 368 g/mol. The van der Waals surface area contributed by atoms with E-state index in [4.69, 9.17) is 4.74 Å². The Labute approximate surface area is 156 Å². The maximum absolute atomic E-state index is 5.96. The number of hydrogen-bond acceptors (Lipinski definition) is 8. The molecule has 134 valence electrons. The van der Waals surface area contributed by atoms with Crippen LogP contribution in [0, 0.1) is 19.8 Å². The Kier molecular flexibility index (Phi) is 4.50. The summed E-state index contributed by atoms with van der Waals surface area (Å²) in [4.78, 5) is 15.2. The van der Waals surface area contributed by atoms with Crippen LogP contribution in [0.1, 0.15) is 28.9 Å². The van der Waals surface area contributed by atoms with Crippen LogP contribution in [0.2, 0.25) is 0 Å². The van der Waals surface area contributed by atoms with E-state index in [9.17, 15) is 0 Å². The molecule has 0 N–H and O–H groups in total. The highest BCUT2D eigenvalue weighted by molar-refractivity contribution is 7.15. The molecular weight excluding hydrogens is 348 g/mol. The predicted octanol–water partition coefficient (Wildman–Crippen LogP) is 3.29. The van der Waals surface area contributed by atoms with Gasteiger partial charge in [-0.15, -0.1) is 10.2 Å². The molecule has 7 nitrogen and oxygen atoms in total. The van der Waals surface area contributed by atoms with Crippen LogP contribution in [-0.4, -0.2) is 38.8 Å². The van der Waals surface area contributed by atoms with Gasteiger partial charge in [0, 0.05) is 36.8 Å². The first-order valence-electron chi connectivity index (χ1n) is 8.53. The van der Waals surface area contributed by atoms with E-state index in [1.807, 2.05) is 50.2 Å². The van der Waals surface area contributed by atoms with Crippen molar-refractivity contribution >= 4 is 22.3 Å².